The van der Waals surface area contributed by atoms with Crippen LogP contribution in [0.25, 0.3) is 16.1 Å². The molecule has 1 saturated heterocycles. The molecule has 3 atom stereocenters. The zero-order chi connectivity index (χ0) is 21.2. The summed E-state index contributed by atoms with van der Waals surface area (Å²) in [5.74, 6) is 1.33. The van der Waals surface area contributed by atoms with E-state index in [0.29, 0.717) is 23.9 Å². The summed E-state index contributed by atoms with van der Waals surface area (Å²) in [6.07, 6.45) is 4.31. The number of ether oxygens (including phenoxy) is 1. The van der Waals surface area contributed by atoms with Crippen LogP contribution in [0.4, 0.5) is 0 Å². The van der Waals surface area contributed by atoms with Crippen LogP contribution >= 0.6 is 0 Å². The second-order valence-corrected chi connectivity index (χ2v) is 7.79. The highest BCUT2D eigenvalue weighted by molar-refractivity contribution is 6.01. The number of nitrogens with one attached hydrogen (secondary N) is 1. The van der Waals surface area contributed by atoms with Crippen molar-refractivity contribution in [2.24, 2.45) is 11.8 Å². The van der Waals surface area contributed by atoms with E-state index in [4.69, 9.17) is 4.74 Å². The zero-order valence-corrected chi connectivity index (χ0v) is 16.7. The van der Waals surface area contributed by atoms with Gasteiger partial charge in [-0.2, -0.15) is 15.2 Å². The van der Waals surface area contributed by atoms with E-state index in [-0.39, 0.29) is 17.7 Å². The maximum absolute atomic E-state index is 12.6. The van der Waals surface area contributed by atoms with Gasteiger partial charge in [-0.25, -0.2) is 0 Å². The molecule has 152 valence electrons. The van der Waals surface area contributed by atoms with Gasteiger partial charge in [0, 0.05) is 35.0 Å². The molecule has 0 bridgehead atoms. The van der Waals surface area contributed by atoms with Crippen molar-refractivity contribution in [1.29, 1.82) is 5.26 Å². The molecule has 2 aliphatic rings. The van der Waals surface area contributed by atoms with Gasteiger partial charge in [0.2, 0.25) is 0 Å². The first-order valence-electron chi connectivity index (χ1n) is 10.3. The first kappa shape index (κ1) is 18.9. The molecule has 2 aromatic carbocycles. The largest absolute Gasteiger partial charge is 0.565 e. The van der Waals surface area contributed by atoms with Crippen LogP contribution in [0.5, 0.6) is 11.5 Å². The molecule has 1 aliphatic carbocycles. The molecule has 3 aromatic rings. The van der Waals surface area contributed by atoms with E-state index < -0.39 is 5.91 Å². The van der Waals surface area contributed by atoms with Gasteiger partial charge in [-0.15, -0.1) is 0 Å². The number of H-pyrrole nitrogens is 1. The fraction of sp³-hybridized carbons (Fsp3) is 0.250. The Balaban J connectivity index is 1.34. The average Bonchev–Trinajstić information content (AvgIpc) is 3.35. The van der Waals surface area contributed by atoms with Gasteiger partial charge in [-0.1, -0.05) is 30.3 Å². The molecule has 1 amide bonds. The fourth-order valence-corrected chi connectivity index (χ4v) is 4.25. The van der Waals surface area contributed by atoms with Crippen molar-refractivity contribution in [2.75, 3.05) is 6.54 Å². The normalized spacial score (nSPS) is 21.3. The lowest BCUT2D eigenvalue weighted by molar-refractivity contribution is 0.103. The van der Waals surface area contributed by atoms with E-state index >= 15 is 0 Å². The summed E-state index contributed by atoms with van der Waals surface area (Å²) in [5, 5.41) is 16.3. The van der Waals surface area contributed by atoms with Crippen molar-refractivity contribution in [2.45, 2.75) is 18.9 Å². The van der Waals surface area contributed by atoms with Crippen molar-refractivity contribution < 1.29 is 9.53 Å². The number of hydrogen-bond acceptors (Lipinski definition) is 5. The van der Waals surface area contributed by atoms with Crippen LogP contribution in [-0.4, -0.2) is 33.6 Å². The van der Waals surface area contributed by atoms with Crippen LogP contribution < -0.4 is 4.74 Å². The molecule has 1 N–H and O–H groups in total. The van der Waals surface area contributed by atoms with Crippen LogP contribution in [-0.2, 0) is 0 Å². The molecule has 1 aliphatic heterocycles. The Kier molecular flexibility index (Phi) is 4.86. The Labute approximate surface area is 179 Å². The first-order chi connectivity index (χ1) is 15.2. The molecule has 0 radical (unpaired) electrons. The molecule has 1 saturated carbocycles. The molecule has 7 heteroatoms. The second kappa shape index (κ2) is 7.97. The number of rotatable bonds is 4. The standard InChI is InChI=1S/C24H19N5O2/c25-15-29-14-16(18-10-11-22(18)29)13-26-24(30)21-12-20(27-28-21)19-8-4-5-9-23(19)31-17-6-2-1-3-7-17/h1-9,12,16,18,22H,10-11,14H2/p+1/t16?,18-,22-/m0/s1. The Hall–Kier alpha value is -4.10. The summed E-state index contributed by atoms with van der Waals surface area (Å²) < 4.78 is 5.99. The highest BCUT2D eigenvalue weighted by Crippen LogP contribution is 2.43. The van der Waals surface area contributed by atoms with Gasteiger partial charge in [0.15, 0.2) is 11.9 Å². The van der Waals surface area contributed by atoms with Crippen molar-refractivity contribution in [3.8, 4) is 35.0 Å². The molecular formula is C24H20N5O2+. The van der Waals surface area contributed by atoms with Crippen molar-refractivity contribution >= 4 is 5.91 Å². The van der Waals surface area contributed by atoms with Crippen LogP contribution in [0, 0.1) is 29.4 Å². The third kappa shape index (κ3) is 3.62. The molecule has 1 aromatic heterocycles. The molecule has 31 heavy (non-hydrogen) atoms. The van der Waals surface area contributed by atoms with Crippen molar-refractivity contribution in [3.05, 3.63) is 71.2 Å². The number of aromatic amines is 1. The summed E-state index contributed by atoms with van der Waals surface area (Å²) in [6.45, 7) is 0.584. The van der Waals surface area contributed by atoms with Gasteiger partial charge in [0.1, 0.15) is 17.4 Å². The third-order valence-corrected chi connectivity index (χ3v) is 6.00. The third-order valence-electron chi connectivity index (χ3n) is 6.00. The van der Waals surface area contributed by atoms with Crippen molar-refractivity contribution in [3.63, 3.8) is 0 Å². The number of fused-ring (bicyclic) bond motifs is 1. The molecule has 2 heterocycles. The lowest BCUT2D eigenvalue weighted by atomic mass is 9.75. The predicted octanol–water partition coefficient (Wildman–Crippen LogP) is 4.53. The van der Waals surface area contributed by atoms with Gasteiger partial charge in [-0.05, 0) is 37.1 Å². The number of aromatic nitrogens is 2. The fourth-order valence-electron chi connectivity index (χ4n) is 4.25. The minimum absolute atomic E-state index is 0.0183. The lowest BCUT2D eigenvalue weighted by Gasteiger charge is -2.32. The number of hydrogen-bond donors (Lipinski definition) is 1. The number of benzene rings is 2. The maximum Gasteiger partial charge on any atom is 0.565 e. The van der Waals surface area contributed by atoms with E-state index in [1.165, 1.54) is 0 Å². The number of likely N-dealkylation sites (tertiary alicyclic amines) is 1. The van der Waals surface area contributed by atoms with E-state index in [0.717, 1.165) is 24.2 Å². The Bertz CT molecular complexity index is 1220. The summed E-state index contributed by atoms with van der Waals surface area (Å²) in [4.78, 5) is 18.4. The Morgan fingerprint density at radius 2 is 1.97 bits per heavy atom. The van der Waals surface area contributed by atoms with Gasteiger partial charge in [0.25, 0.3) is 6.07 Å². The molecule has 1 unspecified atom stereocenters. The maximum atomic E-state index is 12.6. The molecule has 2 fully saturated rings. The van der Waals surface area contributed by atoms with E-state index in [9.17, 15) is 10.1 Å². The van der Waals surface area contributed by atoms with Crippen molar-refractivity contribution in [1.82, 2.24) is 15.1 Å². The van der Waals surface area contributed by atoms with Crippen LogP contribution in [0.1, 0.15) is 23.3 Å². The summed E-state index contributed by atoms with van der Waals surface area (Å²) >= 11 is 0. The highest BCUT2D eigenvalue weighted by atomic mass is 16.5. The van der Waals surface area contributed by atoms with Gasteiger partial charge in [-0.3, -0.25) is 5.10 Å². The Morgan fingerprint density at radius 3 is 2.71 bits per heavy atom. The van der Waals surface area contributed by atoms with Crippen LogP contribution in [0.2, 0.25) is 0 Å². The predicted molar refractivity (Wildman–Crippen MR) is 114 cm³/mol. The topological polar surface area (TPSA) is 86.4 Å². The van der Waals surface area contributed by atoms with Gasteiger partial charge < -0.3 is 9.64 Å². The van der Waals surface area contributed by atoms with E-state index in [1.807, 2.05) is 54.6 Å². The van der Waals surface area contributed by atoms with E-state index in [1.54, 1.807) is 11.0 Å². The molecular weight excluding hydrogens is 390 g/mol. The summed E-state index contributed by atoms with van der Waals surface area (Å²) in [6, 6.07) is 22.0. The average molecular weight is 410 g/mol. The number of nitriles is 1. The number of para-hydroxylation sites is 2. The quantitative estimate of drug-likeness (QED) is 0.639. The van der Waals surface area contributed by atoms with Gasteiger partial charge >= 0.3 is 5.91 Å². The molecule has 0 spiro atoms. The van der Waals surface area contributed by atoms with Crippen LogP contribution in [0.15, 0.2) is 60.7 Å². The SMILES string of the molecule is N#CN1CC(C#[N+]C(=O)c2cc(-c3ccccc3Oc3ccccc3)n[nH]2)[C@@H]2CC[C@@H]21. The summed E-state index contributed by atoms with van der Waals surface area (Å²) in [7, 11) is 0. The Morgan fingerprint density at radius 1 is 1.16 bits per heavy atom. The minimum Gasteiger partial charge on any atom is -0.457 e. The molecule has 7 nitrogen and oxygen atoms in total. The number of carbonyl (C=O) groups excluding carboxylic acids is 1. The zero-order valence-electron chi connectivity index (χ0n) is 16.7. The highest BCUT2D eigenvalue weighted by Gasteiger charge is 2.49. The lowest BCUT2D eigenvalue weighted by Crippen LogP contribution is -2.37. The van der Waals surface area contributed by atoms with E-state index in [2.05, 4.69) is 27.3 Å². The smallest absolute Gasteiger partial charge is 0.457 e. The number of nitrogens with zero attached hydrogens (tertiary/aromatic N) is 4. The number of carbonyl (C=O) groups is 1. The molecule has 5 rings (SSSR count). The minimum atomic E-state index is -0.425. The monoisotopic (exact) mass is 410 g/mol. The van der Waals surface area contributed by atoms with Crippen LogP contribution in [0.3, 0.4) is 0 Å². The first-order valence-corrected chi connectivity index (χ1v) is 10.3. The second-order valence-electron chi connectivity index (χ2n) is 7.79. The van der Waals surface area contributed by atoms with Gasteiger partial charge in [0.05, 0.1) is 5.69 Å². The number of amides is 1. The summed E-state index contributed by atoms with van der Waals surface area (Å²) in [5.41, 5.74) is 1.66.